The van der Waals surface area contributed by atoms with Crippen molar-refractivity contribution in [2.24, 2.45) is 0 Å². The van der Waals surface area contributed by atoms with Gasteiger partial charge >= 0.3 is 5.97 Å². The van der Waals surface area contributed by atoms with E-state index in [-0.39, 0.29) is 6.54 Å². The molecule has 92 valence electrons. The van der Waals surface area contributed by atoms with Crippen LogP contribution in [0.1, 0.15) is 11.1 Å². The van der Waals surface area contributed by atoms with Crippen LogP contribution in [-0.2, 0) is 27.8 Å². The fraction of sp³-hybridized carbons (Fsp3) is 0.364. The van der Waals surface area contributed by atoms with Gasteiger partial charge in [0.05, 0.1) is 0 Å². The van der Waals surface area contributed by atoms with Gasteiger partial charge in [-0.2, -0.15) is 4.31 Å². The lowest BCUT2D eigenvalue weighted by Crippen LogP contribution is -2.39. The molecule has 1 aromatic carbocycles. The lowest BCUT2D eigenvalue weighted by Gasteiger charge is -2.27. The Labute approximate surface area is 99.7 Å². The highest BCUT2D eigenvalue weighted by atomic mass is 32.2. The van der Waals surface area contributed by atoms with Crippen molar-refractivity contribution < 1.29 is 18.3 Å². The highest BCUT2D eigenvalue weighted by Gasteiger charge is 2.28. The third kappa shape index (κ3) is 2.65. The molecule has 0 aliphatic carbocycles. The first-order valence-corrected chi connectivity index (χ1v) is 6.86. The van der Waals surface area contributed by atoms with Crippen LogP contribution in [0.2, 0.25) is 0 Å². The Kier molecular flexibility index (Phi) is 3.17. The first kappa shape index (κ1) is 12.1. The molecule has 0 spiro atoms. The Bertz CT molecular complexity index is 538. The molecule has 1 aliphatic rings. The normalized spacial score (nSPS) is 16.5. The molecule has 1 aromatic rings. The number of carboxylic acids is 1. The van der Waals surface area contributed by atoms with Crippen molar-refractivity contribution in [3.05, 3.63) is 35.4 Å². The largest absolute Gasteiger partial charge is 0.480 e. The molecule has 5 nitrogen and oxygen atoms in total. The van der Waals surface area contributed by atoms with Crippen LogP contribution >= 0.6 is 0 Å². The quantitative estimate of drug-likeness (QED) is 0.851. The minimum atomic E-state index is -3.69. The van der Waals surface area contributed by atoms with Crippen LogP contribution in [0.25, 0.3) is 0 Å². The fourth-order valence-corrected chi connectivity index (χ4v) is 3.15. The van der Waals surface area contributed by atoms with Gasteiger partial charge in [-0.25, -0.2) is 8.42 Å². The van der Waals surface area contributed by atoms with Crippen molar-refractivity contribution in [1.29, 1.82) is 0 Å². The SMILES string of the molecule is O=C(O)CS(=O)(=O)N1CCc2ccccc2C1. The molecule has 1 heterocycles. The lowest BCUT2D eigenvalue weighted by atomic mass is 10.0. The first-order valence-electron chi connectivity index (χ1n) is 5.25. The molecule has 17 heavy (non-hydrogen) atoms. The van der Waals surface area contributed by atoms with Crippen molar-refractivity contribution in [2.75, 3.05) is 12.3 Å². The van der Waals surface area contributed by atoms with Crippen LogP contribution in [0.5, 0.6) is 0 Å². The molecule has 0 fully saturated rings. The minimum Gasteiger partial charge on any atom is -0.480 e. The summed E-state index contributed by atoms with van der Waals surface area (Å²) in [7, 11) is -3.69. The average molecular weight is 255 g/mol. The predicted molar refractivity (Wildman–Crippen MR) is 62.0 cm³/mol. The summed E-state index contributed by atoms with van der Waals surface area (Å²) in [5.41, 5.74) is 2.09. The number of carbonyl (C=O) groups is 1. The van der Waals surface area contributed by atoms with E-state index in [1.165, 1.54) is 4.31 Å². The topological polar surface area (TPSA) is 74.7 Å². The van der Waals surface area contributed by atoms with Crippen LogP contribution in [0.3, 0.4) is 0 Å². The molecule has 6 heteroatoms. The van der Waals surface area contributed by atoms with Gasteiger partial charge in [0.25, 0.3) is 0 Å². The summed E-state index contributed by atoms with van der Waals surface area (Å²) >= 11 is 0. The number of fused-ring (bicyclic) bond motifs is 1. The van der Waals surface area contributed by atoms with E-state index in [2.05, 4.69) is 0 Å². The number of hydrogen-bond acceptors (Lipinski definition) is 3. The Balaban J connectivity index is 2.20. The van der Waals surface area contributed by atoms with E-state index in [4.69, 9.17) is 5.11 Å². The molecule has 0 saturated carbocycles. The summed E-state index contributed by atoms with van der Waals surface area (Å²) in [4.78, 5) is 10.5. The maximum atomic E-state index is 11.8. The number of nitrogens with zero attached hydrogens (tertiary/aromatic N) is 1. The zero-order chi connectivity index (χ0) is 12.5. The van der Waals surface area contributed by atoms with Gasteiger partial charge in [-0.1, -0.05) is 24.3 Å². The van der Waals surface area contributed by atoms with E-state index in [9.17, 15) is 13.2 Å². The molecule has 1 N–H and O–H groups in total. The lowest BCUT2D eigenvalue weighted by molar-refractivity contribution is -0.134. The van der Waals surface area contributed by atoms with Crippen LogP contribution < -0.4 is 0 Å². The van der Waals surface area contributed by atoms with E-state index < -0.39 is 21.7 Å². The van der Waals surface area contributed by atoms with Gasteiger partial charge in [-0.05, 0) is 17.5 Å². The van der Waals surface area contributed by atoms with Crippen LogP contribution in [0.4, 0.5) is 0 Å². The highest BCUT2D eigenvalue weighted by Crippen LogP contribution is 2.20. The molecular weight excluding hydrogens is 242 g/mol. The summed E-state index contributed by atoms with van der Waals surface area (Å²) < 4.78 is 24.7. The fourth-order valence-electron chi connectivity index (χ4n) is 1.95. The van der Waals surface area contributed by atoms with Gasteiger partial charge in [0.15, 0.2) is 5.75 Å². The van der Waals surface area contributed by atoms with Gasteiger partial charge in [0.2, 0.25) is 10.0 Å². The monoisotopic (exact) mass is 255 g/mol. The number of aliphatic carboxylic acids is 1. The summed E-state index contributed by atoms with van der Waals surface area (Å²) in [6.45, 7) is 0.623. The second-order valence-electron chi connectivity index (χ2n) is 4.00. The van der Waals surface area contributed by atoms with Gasteiger partial charge < -0.3 is 5.11 Å². The first-order chi connectivity index (χ1) is 7.99. The van der Waals surface area contributed by atoms with Crippen molar-refractivity contribution in [1.82, 2.24) is 4.31 Å². The molecule has 0 saturated heterocycles. The number of rotatable bonds is 3. The third-order valence-electron chi connectivity index (χ3n) is 2.79. The van der Waals surface area contributed by atoms with Gasteiger partial charge in [0.1, 0.15) is 0 Å². The van der Waals surface area contributed by atoms with Crippen molar-refractivity contribution in [2.45, 2.75) is 13.0 Å². The average Bonchev–Trinajstić information content (AvgIpc) is 2.26. The molecule has 0 bridgehead atoms. The maximum Gasteiger partial charge on any atom is 0.320 e. The molecule has 0 atom stereocenters. The summed E-state index contributed by atoms with van der Waals surface area (Å²) in [5.74, 6) is -2.15. The number of hydrogen-bond donors (Lipinski definition) is 1. The summed E-state index contributed by atoms with van der Waals surface area (Å²) in [5, 5.41) is 8.57. The van der Waals surface area contributed by atoms with Crippen molar-refractivity contribution >= 4 is 16.0 Å². The van der Waals surface area contributed by atoms with E-state index >= 15 is 0 Å². The standard InChI is InChI=1S/C11H13NO4S/c13-11(14)8-17(15,16)12-6-5-9-3-1-2-4-10(9)7-12/h1-4H,5-8H2,(H,13,14). The molecule has 0 unspecified atom stereocenters. The second kappa shape index (κ2) is 4.46. The number of sulfonamides is 1. The van der Waals surface area contributed by atoms with E-state index in [0.29, 0.717) is 13.0 Å². The van der Waals surface area contributed by atoms with Crippen LogP contribution in [0.15, 0.2) is 24.3 Å². The molecular formula is C11H13NO4S. The van der Waals surface area contributed by atoms with Gasteiger partial charge in [-0.3, -0.25) is 4.79 Å². The molecule has 0 aromatic heterocycles. The Morgan fingerprint density at radius 2 is 1.94 bits per heavy atom. The van der Waals surface area contributed by atoms with Crippen LogP contribution in [-0.4, -0.2) is 36.1 Å². The molecule has 1 aliphatic heterocycles. The maximum absolute atomic E-state index is 11.8. The second-order valence-corrected chi connectivity index (χ2v) is 5.97. The highest BCUT2D eigenvalue weighted by molar-refractivity contribution is 7.89. The Morgan fingerprint density at radius 3 is 2.59 bits per heavy atom. The van der Waals surface area contributed by atoms with Gasteiger partial charge in [0, 0.05) is 13.1 Å². The van der Waals surface area contributed by atoms with Crippen molar-refractivity contribution in [3.8, 4) is 0 Å². The Morgan fingerprint density at radius 1 is 1.29 bits per heavy atom. The third-order valence-corrected chi connectivity index (χ3v) is 4.51. The van der Waals surface area contributed by atoms with E-state index in [0.717, 1.165) is 11.1 Å². The van der Waals surface area contributed by atoms with Gasteiger partial charge in [-0.15, -0.1) is 0 Å². The Hall–Kier alpha value is -1.40. The molecule has 0 amide bonds. The number of carboxylic acid groups (broad SMARTS) is 1. The minimum absolute atomic E-state index is 0.270. The molecule has 2 rings (SSSR count). The number of benzene rings is 1. The summed E-state index contributed by atoms with van der Waals surface area (Å²) in [6, 6.07) is 7.61. The van der Waals surface area contributed by atoms with Crippen molar-refractivity contribution in [3.63, 3.8) is 0 Å². The summed E-state index contributed by atoms with van der Waals surface area (Å²) in [6.07, 6.45) is 0.634. The van der Waals surface area contributed by atoms with E-state index in [1.807, 2.05) is 24.3 Å². The smallest absolute Gasteiger partial charge is 0.320 e. The zero-order valence-corrected chi connectivity index (χ0v) is 9.98. The molecule has 0 radical (unpaired) electrons. The zero-order valence-electron chi connectivity index (χ0n) is 9.17. The van der Waals surface area contributed by atoms with Crippen LogP contribution in [0, 0.1) is 0 Å². The van der Waals surface area contributed by atoms with E-state index in [1.54, 1.807) is 0 Å². The predicted octanol–water partition coefficient (Wildman–Crippen LogP) is 0.459.